The zero-order valence-electron chi connectivity index (χ0n) is 8.54. The van der Waals surface area contributed by atoms with Crippen LogP contribution in [0.1, 0.15) is 25.0 Å². The molecule has 1 rings (SSSR count). The van der Waals surface area contributed by atoms with Gasteiger partial charge in [0.15, 0.2) is 17.5 Å². The highest BCUT2D eigenvalue weighted by molar-refractivity contribution is 5.23. The molecule has 0 radical (unpaired) electrons. The zero-order chi connectivity index (χ0) is 12.3. The van der Waals surface area contributed by atoms with Gasteiger partial charge < -0.3 is 5.11 Å². The van der Waals surface area contributed by atoms with Crippen LogP contribution in [0.3, 0.4) is 0 Å². The second-order valence-corrected chi connectivity index (χ2v) is 3.39. The van der Waals surface area contributed by atoms with Crippen molar-refractivity contribution in [3.63, 3.8) is 0 Å². The van der Waals surface area contributed by atoms with Crippen LogP contribution >= 0.6 is 0 Å². The zero-order valence-corrected chi connectivity index (χ0v) is 8.54. The number of rotatable bonds is 3. The van der Waals surface area contributed by atoms with Gasteiger partial charge in [0.05, 0.1) is 18.1 Å². The number of aliphatic hydroxyl groups excluding tert-OH is 1. The maximum Gasteiger partial charge on any atom is 0.194 e. The molecule has 0 amide bonds. The summed E-state index contributed by atoms with van der Waals surface area (Å²) in [6.07, 6.45) is -0.988. The molecule has 0 saturated carbocycles. The van der Waals surface area contributed by atoms with Crippen molar-refractivity contribution < 1.29 is 18.3 Å². The van der Waals surface area contributed by atoms with E-state index in [2.05, 4.69) is 0 Å². The van der Waals surface area contributed by atoms with Crippen molar-refractivity contribution in [2.24, 2.45) is 5.92 Å². The first-order chi connectivity index (χ1) is 7.51. The number of nitrogens with zero attached hydrogens (tertiary/aromatic N) is 1. The molecule has 0 fully saturated rings. The lowest BCUT2D eigenvalue weighted by atomic mass is 9.94. The highest BCUT2D eigenvalue weighted by atomic mass is 19.2. The molecule has 0 aliphatic heterocycles. The number of benzene rings is 1. The summed E-state index contributed by atoms with van der Waals surface area (Å²) in [4.78, 5) is 0. The van der Waals surface area contributed by atoms with Crippen LogP contribution in [-0.2, 0) is 0 Å². The summed E-state index contributed by atoms with van der Waals surface area (Å²) in [6, 6.07) is 3.21. The highest BCUT2D eigenvalue weighted by Gasteiger charge is 2.22. The first kappa shape index (κ1) is 12.5. The summed E-state index contributed by atoms with van der Waals surface area (Å²) in [5.74, 6) is -5.10. The van der Waals surface area contributed by atoms with Crippen LogP contribution in [0, 0.1) is 34.7 Å². The second-order valence-electron chi connectivity index (χ2n) is 3.39. The van der Waals surface area contributed by atoms with Gasteiger partial charge in [0.2, 0.25) is 0 Å². The molecule has 2 nitrogen and oxygen atoms in total. The van der Waals surface area contributed by atoms with Crippen LogP contribution in [0.2, 0.25) is 0 Å². The van der Waals surface area contributed by atoms with E-state index in [-0.39, 0.29) is 5.56 Å². The van der Waals surface area contributed by atoms with Gasteiger partial charge in [-0.2, -0.15) is 5.26 Å². The van der Waals surface area contributed by atoms with Crippen LogP contribution in [-0.4, -0.2) is 5.11 Å². The SMILES string of the molecule is CCC(C#N)C(O)c1cc(F)c(F)c(F)c1. The molecular formula is C11H10F3NO. The molecule has 0 saturated heterocycles. The van der Waals surface area contributed by atoms with Crippen LogP contribution in [0.15, 0.2) is 12.1 Å². The Hall–Kier alpha value is -1.54. The van der Waals surface area contributed by atoms with Gasteiger partial charge in [-0.15, -0.1) is 0 Å². The molecule has 1 N–H and O–H groups in total. The summed E-state index contributed by atoms with van der Waals surface area (Å²) in [6.45, 7) is 1.66. The maximum atomic E-state index is 12.9. The van der Waals surface area contributed by atoms with Crippen molar-refractivity contribution >= 4 is 0 Å². The monoisotopic (exact) mass is 229 g/mol. The van der Waals surface area contributed by atoms with Gasteiger partial charge in [-0.25, -0.2) is 13.2 Å². The molecule has 0 aromatic heterocycles. The van der Waals surface area contributed by atoms with Crippen molar-refractivity contribution in [2.75, 3.05) is 0 Å². The molecule has 5 heteroatoms. The van der Waals surface area contributed by atoms with Crippen molar-refractivity contribution in [3.05, 3.63) is 35.1 Å². The van der Waals surface area contributed by atoms with E-state index in [1.54, 1.807) is 6.92 Å². The Kier molecular flexibility index (Phi) is 3.91. The average Bonchev–Trinajstić information content (AvgIpc) is 2.26. The fraction of sp³-hybridized carbons (Fsp3) is 0.364. The summed E-state index contributed by atoms with van der Waals surface area (Å²) < 4.78 is 38.4. The van der Waals surface area contributed by atoms with Crippen molar-refractivity contribution in [3.8, 4) is 6.07 Å². The molecule has 16 heavy (non-hydrogen) atoms. The van der Waals surface area contributed by atoms with Crippen molar-refractivity contribution in [1.29, 1.82) is 5.26 Å². The average molecular weight is 229 g/mol. The number of halogens is 3. The molecule has 0 bridgehead atoms. The largest absolute Gasteiger partial charge is 0.387 e. The third kappa shape index (κ3) is 2.34. The van der Waals surface area contributed by atoms with Crippen LogP contribution in [0.5, 0.6) is 0 Å². The third-order valence-electron chi connectivity index (χ3n) is 2.33. The van der Waals surface area contributed by atoms with Gasteiger partial charge in [-0.1, -0.05) is 6.92 Å². The summed E-state index contributed by atoms with van der Waals surface area (Å²) >= 11 is 0. The van der Waals surface area contributed by atoms with Gasteiger partial charge in [0, 0.05) is 0 Å². The molecule has 0 aliphatic rings. The summed E-state index contributed by atoms with van der Waals surface area (Å²) in [5.41, 5.74) is -0.134. The number of nitriles is 1. The Morgan fingerprint density at radius 3 is 2.19 bits per heavy atom. The molecule has 0 aliphatic carbocycles. The number of hydrogen-bond acceptors (Lipinski definition) is 2. The normalized spacial score (nSPS) is 14.2. The highest BCUT2D eigenvalue weighted by Crippen LogP contribution is 2.26. The Balaban J connectivity index is 3.10. The maximum absolute atomic E-state index is 12.9. The van der Waals surface area contributed by atoms with Gasteiger partial charge in [-0.05, 0) is 24.1 Å². The molecule has 2 atom stereocenters. The summed E-state index contributed by atoms with van der Waals surface area (Å²) in [5, 5.41) is 18.3. The van der Waals surface area contributed by atoms with E-state index >= 15 is 0 Å². The van der Waals surface area contributed by atoms with Crippen molar-refractivity contribution in [2.45, 2.75) is 19.4 Å². The van der Waals surface area contributed by atoms with Gasteiger partial charge in [0.1, 0.15) is 0 Å². The fourth-order valence-corrected chi connectivity index (χ4v) is 1.36. The Bertz CT molecular complexity index is 405. The molecule has 0 spiro atoms. The Morgan fingerprint density at radius 2 is 1.81 bits per heavy atom. The number of aliphatic hydroxyl groups is 1. The lowest BCUT2D eigenvalue weighted by Crippen LogP contribution is -2.11. The quantitative estimate of drug-likeness (QED) is 0.810. The molecular weight excluding hydrogens is 219 g/mol. The summed E-state index contributed by atoms with van der Waals surface area (Å²) in [7, 11) is 0. The molecule has 2 unspecified atom stereocenters. The van der Waals surface area contributed by atoms with E-state index in [4.69, 9.17) is 5.26 Å². The Morgan fingerprint density at radius 1 is 1.31 bits per heavy atom. The van der Waals surface area contributed by atoms with E-state index in [0.29, 0.717) is 18.6 Å². The number of hydrogen-bond donors (Lipinski definition) is 1. The lowest BCUT2D eigenvalue weighted by Gasteiger charge is -2.15. The fourth-order valence-electron chi connectivity index (χ4n) is 1.36. The predicted molar refractivity (Wildman–Crippen MR) is 50.7 cm³/mol. The standard InChI is InChI=1S/C11H10F3NO/c1-2-6(5-15)11(16)7-3-8(12)10(14)9(13)4-7/h3-4,6,11,16H,2H2,1H3. The van der Waals surface area contributed by atoms with Gasteiger partial charge in [-0.3, -0.25) is 0 Å². The first-order valence-corrected chi connectivity index (χ1v) is 4.73. The Labute approximate surface area is 90.9 Å². The second kappa shape index (κ2) is 4.99. The van der Waals surface area contributed by atoms with E-state index in [1.165, 1.54) is 0 Å². The minimum atomic E-state index is -1.58. The molecule has 0 heterocycles. The van der Waals surface area contributed by atoms with Gasteiger partial charge >= 0.3 is 0 Å². The van der Waals surface area contributed by atoms with E-state index in [1.807, 2.05) is 6.07 Å². The van der Waals surface area contributed by atoms with E-state index in [9.17, 15) is 18.3 Å². The van der Waals surface area contributed by atoms with E-state index < -0.39 is 29.5 Å². The smallest absolute Gasteiger partial charge is 0.194 e. The van der Waals surface area contributed by atoms with Crippen LogP contribution in [0.4, 0.5) is 13.2 Å². The molecule has 1 aromatic rings. The molecule has 86 valence electrons. The first-order valence-electron chi connectivity index (χ1n) is 4.73. The van der Waals surface area contributed by atoms with E-state index in [0.717, 1.165) is 0 Å². The topological polar surface area (TPSA) is 44.0 Å². The lowest BCUT2D eigenvalue weighted by molar-refractivity contribution is 0.131. The third-order valence-corrected chi connectivity index (χ3v) is 2.33. The van der Waals surface area contributed by atoms with Crippen LogP contribution < -0.4 is 0 Å². The van der Waals surface area contributed by atoms with Gasteiger partial charge in [0.25, 0.3) is 0 Å². The predicted octanol–water partition coefficient (Wildman–Crippen LogP) is 2.69. The molecule has 1 aromatic carbocycles. The van der Waals surface area contributed by atoms with Crippen molar-refractivity contribution in [1.82, 2.24) is 0 Å². The minimum absolute atomic E-state index is 0.134. The minimum Gasteiger partial charge on any atom is -0.387 e. The van der Waals surface area contributed by atoms with Crippen LogP contribution in [0.25, 0.3) is 0 Å².